The van der Waals surface area contributed by atoms with Gasteiger partial charge in [-0.2, -0.15) is 18.4 Å². The maximum atomic E-state index is 15.7. The third-order valence-electron chi connectivity index (χ3n) is 8.23. The summed E-state index contributed by atoms with van der Waals surface area (Å²) in [5.74, 6) is -6.19. The van der Waals surface area contributed by atoms with E-state index >= 15 is 4.39 Å². The molecule has 1 aliphatic heterocycles. The Kier molecular flexibility index (Phi) is 12.5. The molecule has 4 aromatic rings. The van der Waals surface area contributed by atoms with Gasteiger partial charge < -0.3 is 32.2 Å². The average Bonchev–Trinajstić information content (AvgIpc) is 3.75. The van der Waals surface area contributed by atoms with E-state index in [1.165, 1.54) is 20.2 Å². The van der Waals surface area contributed by atoms with Crippen LogP contribution in [0.25, 0.3) is 11.3 Å². The summed E-state index contributed by atoms with van der Waals surface area (Å²) >= 11 is 1.03. The lowest BCUT2D eigenvalue weighted by Gasteiger charge is -2.37. The van der Waals surface area contributed by atoms with Crippen molar-refractivity contribution in [2.45, 2.75) is 57.9 Å². The zero-order chi connectivity index (χ0) is 38.0. The van der Waals surface area contributed by atoms with Crippen LogP contribution in [0.1, 0.15) is 52.6 Å². The number of hydrogen-bond acceptors (Lipinski definition) is 11. The van der Waals surface area contributed by atoms with Gasteiger partial charge in [0.1, 0.15) is 35.0 Å². The first-order chi connectivity index (χ1) is 24.5. The molecule has 1 aromatic heterocycles. The number of hydrogen-bond donors (Lipinski definition) is 1. The topological polar surface area (TPSA) is 145 Å². The largest absolute Gasteiger partial charge is 1.00 e. The standard InChI is InChI=1S/C36H31F5N6O4S.BrH/c1-19-11-24(12-20(2)31(19)50-33(48)22(4)43)13-30-44-18-47(46-30)17-35(51-34(49)36(39,40)41,27-10-9-26(37)14-28(27)38)21(3)32-45-29(16-52-32)25-7-5-23(15-42)6-8-25;/h5-12,14,16,18,21-22H,13,17,43H2,1-4H3;1H/q+1;/p-1. The van der Waals surface area contributed by atoms with Crippen molar-refractivity contribution in [3.63, 3.8) is 0 Å². The van der Waals surface area contributed by atoms with Crippen molar-refractivity contribution in [1.29, 1.82) is 5.26 Å². The number of benzene rings is 3. The van der Waals surface area contributed by atoms with Crippen LogP contribution in [0, 0.1) is 36.8 Å². The minimum Gasteiger partial charge on any atom is -1.00 e. The first-order valence-electron chi connectivity index (χ1n) is 15.7. The average molecular weight is 819 g/mol. The quantitative estimate of drug-likeness (QED) is 0.138. The molecule has 1 aliphatic rings. The van der Waals surface area contributed by atoms with Gasteiger partial charge in [0, 0.05) is 27.7 Å². The Bertz CT molecular complexity index is 2090. The van der Waals surface area contributed by atoms with Crippen molar-refractivity contribution in [2.24, 2.45) is 10.8 Å². The van der Waals surface area contributed by atoms with Gasteiger partial charge in [0.05, 0.1) is 29.7 Å². The van der Waals surface area contributed by atoms with Crippen LogP contribution in [0.4, 0.5) is 22.0 Å². The van der Waals surface area contributed by atoms with E-state index in [1.807, 2.05) is 6.07 Å². The third kappa shape index (κ3) is 9.13. The van der Waals surface area contributed by atoms with E-state index in [0.717, 1.165) is 28.5 Å². The van der Waals surface area contributed by atoms with Crippen LogP contribution in [-0.2, 0) is 26.3 Å². The van der Waals surface area contributed by atoms with Gasteiger partial charge in [0.2, 0.25) is 0 Å². The van der Waals surface area contributed by atoms with Gasteiger partial charge in [0.25, 0.3) is 6.34 Å². The van der Waals surface area contributed by atoms with Crippen molar-refractivity contribution in [1.82, 2.24) is 15.0 Å². The number of esters is 2. The number of aromatic nitrogens is 1. The number of alkyl halides is 3. The summed E-state index contributed by atoms with van der Waals surface area (Å²) in [7, 11) is 0. The summed E-state index contributed by atoms with van der Waals surface area (Å²) in [6.45, 7) is 5.71. The number of rotatable bonds is 11. The molecule has 53 heavy (non-hydrogen) atoms. The van der Waals surface area contributed by atoms with Crippen molar-refractivity contribution in [3.8, 4) is 23.1 Å². The number of nitrogens with zero attached hydrogens (tertiary/aromatic N) is 5. The Morgan fingerprint density at radius 3 is 2.30 bits per heavy atom. The Balaban J connectivity index is 0.00000627. The molecular formula is C36H31BrF5N6O4S. The number of nitrogens with two attached hydrogens (primary N) is 1. The molecule has 1 radical (unpaired) electrons. The van der Waals surface area contributed by atoms with Crippen LogP contribution >= 0.6 is 11.3 Å². The predicted molar refractivity (Wildman–Crippen MR) is 182 cm³/mol. The normalized spacial score (nSPS) is 14.7. The number of carbonyl (C=O) groups excluding carboxylic acids is 2. The number of carbonyl (C=O) groups is 2. The van der Waals surface area contributed by atoms with Crippen molar-refractivity contribution >= 4 is 35.4 Å². The molecule has 3 unspecified atom stereocenters. The summed E-state index contributed by atoms with van der Waals surface area (Å²) in [5.41, 5.74) is 5.95. The van der Waals surface area contributed by atoms with Crippen molar-refractivity contribution in [2.75, 3.05) is 6.54 Å². The van der Waals surface area contributed by atoms with Crippen LogP contribution in [0.3, 0.4) is 0 Å². The first kappa shape index (κ1) is 40.7. The number of halogens is 6. The fourth-order valence-electron chi connectivity index (χ4n) is 5.63. The summed E-state index contributed by atoms with van der Waals surface area (Å²) in [4.78, 5) is 33.6. The molecule has 3 aromatic carbocycles. The van der Waals surface area contributed by atoms with E-state index in [2.05, 4.69) is 15.1 Å². The van der Waals surface area contributed by atoms with Crippen LogP contribution in [0.15, 0.2) is 65.1 Å². The second-order valence-electron chi connectivity index (χ2n) is 12.2. The minimum atomic E-state index is -5.48. The molecule has 17 heteroatoms. The zero-order valence-electron chi connectivity index (χ0n) is 28.5. The van der Waals surface area contributed by atoms with Gasteiger partial charge in [-0.05, 0) is 61.7 Å². The molecule has 10 nitrogen and oxygen atoms in total. The summed E-state index contributed by atoms with van der Waals surface area (Å²) in [6, 6.07) is 13.3. The van der Waals surface area contributed by atoms with Crippen LogP contribution in [-0.4, -0.2) is 52.9 Å². The number of aryl methyl sites for hydroxylation is 2. The monoisotopic (exact) mass is 817 g/mol. The second-order valence-corrected chi connectivity index (χ2v) is 13.1. The molecule has 0 saturated heterocycles. The van der Waals surface area contributed by atoms with Crippen molar-refractivity contribution in [3.05, 3.63) is 104 Å². The maximum absolute atomic E-state index is 15.7. The molecular weight excluding hydrogens is 787 g/mol. The first-order valence-corrected chi connectivity index (χ1v) is 16.6. The maximum Gasteiger partial charge on any atom is 0.490 e. The van der Waals surface area contributed by atoms with E-state index < -0.39 is 59.4 Å². The fourth-order valence-corrected chi connectivity index (χ4v) is 6.60. The Labute approximate surface area is 315 Å². The third-order valence-corrected chi connectivity index (χ3v) is 9.26. The van der Waals surface area contributed by atoms with Crippen molar-refractivity contribution < 1.29 is 58.0 Å². The molecule has 3 atom stereocenters. The van der Waals surface area contributed by atoms with Crippen LogP contribution in [0.5, 0.6) is 5.75 Å². The molecule has 0 fully saturated rings. The second kappa shape index (κ2) is 16.3. The molecule has 277 valence electrons. The number of nitriles is 1. The van der Waals surface area contributed by atoms with Gasteiger partial charge in [-0.3, -0.25) is 0 Å². The van der Waals surface area contributed by atoms with Gasteiger partial charge in [-0.1, -0.05) is 36.2 Å². The van der Waals surface area contributed by atoms with E-state index in [0.29, 0.717) is 45.3 Å². The molecule has 0 aliphatic carbocycles. The lowest BCUT2D eigenvalue weighted by atomic mass is 9.81. The lowest BCUT2D eigenvalue weighted by Crippen LogP contribution is -3.00. The highest BCUT2D eigenvalue weighted by atomic mass is 79.9. The number of aliphatic imine (C=N–C) groups is 1. The Morgan fingerprint density at radius 2 is 1.72 bits per heavy atom. The predicted octanol–water partition coefficient (Wildman–Crippen LogP) is 3.17. The molecule has 0 bridgehead atoms. The summed E-state index contributed by atoms with van der Waals surface area (Å²) < 4.78 is 82.1. The SMILES string of the molecule is Cc1cc(CC2=NN(CC(OC(=O)C(F)(F)F)(c3ccc(F)cc3F)C(C)c3nc(-c4ccc(C#N)cc4)cs3)C=[N+]2)cc(C)c1OC(=O)C(C)N.[Br-]. The summed E-state index contributed by atoms with van der Waals surface area (Å²) in [5, 5.41) is 16.5. The van der Waals surface area contributed by atoms with E-state index in [-0.39, 0.29) is 34.2 Å². The Hall–Kier alpha value is -5.05. The molecule has 0 spiro atoms. The van der Waals surface area contributed by atoms with Crippen LogP contribution in [0.2, 0.25) is 0 Å². The number of thiazole rings is 1. The number of ether oxygens (including phenoxy) is 2. The highest BCUT2D eigenvalue weighted by Gasteiger charge is 2.54. The Morgan fingerprint density at radius 1 is 1.06 bits per heavy atom. The molecule has 0 saturated carbocycles. The minimum absolute atomic E-state index is 0. The number of hydrazone groups is 1. The van der Waals surface area contributed by atoms with Gasteiger partial charge >= 0.3 is 24.0 Å². The highest BCUT2D eigenvalue weighted by molar-refractivity contribution is 7.10. The van der Waals surface area contributed by atoms with Gasteiger partial charge in [-0.25, -0.2) is 23.4 Å². The van der Waals surface area contributed by atoms with Gasteiger partial charge in [0.15, 0.2) is 5.60 Å². The molecule has 5 rings (SSSR count). The molecule has 0 amide bonds. The van der Waals surface area contributed by atoms with E-state index in [1.54, 1.807) is 55.6 Å². The summed E-state index contributed by atoms with van der Waals surface area (Å²) in [6.07, 6.45) is -4.15. The van der Waals surface area contributed by atoms with E-state index in [4.69, 9.17) is 20.5 Å². The fraction of sp³-hybridized carbons (Fsp3) is 0.278. The smallest absolute Gasteiger partial charge is 0.490 e. The van der Waals surface area contributed by atoms with Crippen LogP contribution < -0.4 is 32.4 Å². The lowest BCUT2D eigenvalue weighted by molar-refractivity contribution is -0.218. The highest BCUT2D eigenvalue weighted by Crippen LogP contribution is 2.45. The van der Waals surface area contributed by atoms with E-state index in [9.17, 15) is 27.2 Å². The number of amidine groups is 1. The molecule has 2 heterocycles. The zero-order valence-corrected chi connectivity index (χ0v) is 30.9. The van der Waals surface area contributed by atoms with Gasteiger partial charge in [-0.15, -0.1) is 16.3 Å². The molecule has 2 N–H and O–H groups in total.